The van der Waals surface area contributed by atoms with Crippen molar-refractivity contribution in [2.75, 3.05) is 5.32 Å². The Bertz CT molecular complexity index is 510. The van der Waals surface area contributed by atoms with Crippen LogP contribution in [0.4, 0.5) is 5.69 Å². The predicted molar refractivity (Wildman–Crippen MR) is 63.5 cm³/mol. The highest BCUT2D eigenvalue weighted by atomic mass is 16.1. The number of anilines is 1. The molecule has 0 aliphatic heterocycles. The molecular weight excluding hydrogens is 218 g/mol. The number of nitrogens with zero attached hydrogens (tertiary/aromatic N) is 1. The molecule has 86 valence electrons. The molecular formula is C12H11N3O2. The summed E-state index contributed by atoms with van der Waals surface area (Å²) in [6.07, 6.45) is 1.39. The molecule has 0 unspecified atom stereocenters. The summed E-state index contributed by atoms with van der Waals surface area (Å²) in [7, 11) is 0. The lowest BCUT2D eigenvalue weighted by Crippen LogP contribution is -2.12. The molecule has 2 amide bonds. The summed E-state index contributed by atoms with van der Waals surface area (Å²) in [5.41, 5.74) is 6.20. The number of amides is 2. The van der Waals surface area contributed by atoms with Gasteiger partial charge in [-0.25, -0.2) is 0 Å². The highest BCUT2D eigenvalue weighted by Gasteiger charge is 2.03. The highest BCUT2D eigenvalue weighted by molar-refractivity contribution is 6.00. The zero-order valence-electron chi connectivity index (χ0n) is 9.23. The summed E-state index contributed by atoms with van der Waals surface area (Å²) in [6, 6.07) is 8.40. The van der Waals surface area contributed by atoms with Gasteiger partial charge in [-0.2, -0.15) is 5.26 Å². The Hall–Kier alpha value is -2.61. The average molecular weight is 229 g/mol. The van der Waals surface area contributed by atoms with Gasteiger partial charge in [0.1, 0.15) is 11.6 Å². The molecule has 0 fully saturated rings. The van der Waals surface area contributed by atoms with Gasteiger partial charge in [0.05, 0.1) is 0 Å². The molecule has 1 rings (SSSR count). The number of carbonyl (C=O) groups is 2. The molecule has 5 heteroatoms. The second-order valence-corrected chi connectivity index (χ2v) is 3.34. The first-order valence-electron chi connectivity index (χ1n) is 4.82. The number of carbonyl (C=O) groups excluding carboxylic acids is 2. The second kappa shape index (κ2) is 5.47. The van der Waals surface area contributed by atoms with E-state index in [0.717, 1.165) is 0 Å². The van der Waals surface area contributed by atoms with Crippen LogP contribution in [0.15, 0.2) is 29.8 Å². The van der Waals surface area contributed by atoms with E-state index in [-0.39, 0.29) is 11.5 Å². The van der Waals surface area contributed by atoms with Crippen molar-refractivity contribution >= 4 is 23.6 Å². The quantitative estimate of drug-likeness (QED) is 0.598. The fraction of sp³-hybridized carbons (Fsp3) is 0.0833. The van der Waals surface area contributed by atoms with Crippen LogP contribution in [0.3, 0.4) is 0 Å². The van der Waals surface area contributed by atoms with Crippen molar-refractivity contribution in [3.05, 3.63) is 35.4 Å². The standard InChI is InChI=1S/C12H11N3O2/c1-8(16)15-11-4-2-9(3-5-11)6-10(7-13)12(14)17/h2-6H,1H3,(H2,14,17)(H,15,16)/b10-6-. The Morgan fingerprint density at radius 3 is 2.35 bits per heavy atom. The van der Waals surface area contributed by atoms with E-state index in [0.29, 0.717) is 11.3 Å². The summed E-state index contributed by atoms with van der Waals surface area (Å²) in [6.45, 7) is 1.41. The third-order valence-corrected chi connectivity index (χ3v) is 1.93. The van der Waals surface area contributed by atoms with Gasteiger partial charge in [0, 0.05) is 12.6 Å². The Kier molecular flexibility index (Phi) is 4.01. The van der Waals surface area contributed by atoms with E-state index in [1.165, 1.54) is 13.0 Å². The van der Waals surface area contributed by atoms with Crippen LogP contribution in [0.2, 0.25) is 0 Å². The van der Waals surface area contributed by atoms with Crippen LogP contribution < -0.4 is 11.1 Å². The molecule has 0 saturated carbocycles. The normalized spacial score (nSPS) is 10.5. The van der Waals surface area contributed by atoms with Crippen LogP contribution in [0.5, 0.6) is 0 Å². The van der Waals surface area contributed by atoms with Crippen LogP contribution in [-0.4, -0.2) is 11.8 Å². The molecule has 1 aromatic carbocycles. The van der Waals surface area contributed by atoms with Crippen LogP contribution in [0.1, 0.15) is 12.5 Å². The molecule has 0 spiro atoms. The van der Waals surface area contributed by atoms with Gasteiger partial charge >= 0.3 is 0 Å². The molecule has 0 atom stereocenters. The van der Waals surface area contributed by atoms with Crippen LogP contribution in [0, 0.1) is 11.3 Å². The molecule has 0 aliphatic rings. The highest BCUT2D eigenvalue weighted by Crippen LogP contribution is 2.12. The van der Waals surface area contributed by atoms with E-state index >= 15 is 0 Å². The summed E-state index contributed by atoms with van der Waals surface area (Å²) in [5, 5.41) is 11.3. The number of hydrogen-bond donors (Lipinski definition) is 2. The van der Waals surface area contributed by atoms with Crippen molar-refractivity contribution in [1.29, 1.82) is 5.26 Å². The first-order valence-corrected chi connectivity index (χ1v) is 4.82. The van der Waals surface area contributed by atoms with E-state index < -0.39 is 5.91 Å². The van der Waals surface area contributed by atoms with E-state index in [2.05, 4.69) is 5.32 Å². The Labute approximate surface area is 98.5 Å². The van der Waals surface area contributed by atoms with Gasteiger partial charge in [-0.1, -0.05) is 12.1 Å². The molecule has 0 heterocycles. The largest absolute Gasteiger partial charge is 0.365 e. The monoisotopic (exact) mass is 229 g/mol. The van der Waals surface area contributed by atoms with Crippen molar-refractivity contribution in [3.63, 3.8) is 0 Å². The van der Waals surface area contributed by atoms with Crippen molar-refractivity contribution in [2.45, 2.75) is 6.92 Å². The minimum absolute atomic E-state index is 0.114. The van der Waals surface area contributed by atoms with Crippen molar-refractivity contribution in [2.24, 2.45) is 5.73 Å². The number of nitriles is 1. The van der Waals surface area contributed by atoms with E-state index in [1.807, 2.05) is 0 Å². The van der Waals surface area contributed by atoms with Gasteiger partial charge in [0.2, 0.25) is 5.91 Å². The molecule has 0 aliphatic carbocycles. The average Bonchev–Trinajstić information content (AvgIpc) is 2.26. The number of primary amides is 1. The molecule has 0 radical (unpaired) electrons. The van der Waals surface area contributed by atoms with Gasteiger partial charge in [-0.15, -0.1) is 0 Å². The fourth-order valence-electron chi connectivity index (χ4n) is 1.19. The number of rotatable bonds is 3. The summed E-state index contributed by atoms with van der Waals surface area (Å²) >= 11 is 0. The maximum atomic E-state index is 10.8. The predicted octanol–water partition coefficient (Wildman–Crippen LogP) is 1.04. The molecule has 0 bridgehead atoms. The van der Waals surface area contributed by atoms with Gasteiger partial charge in [-0.3, -0.25) is 9.59 Å². The number of hydrogen-bond acceptors (Lipinski definition) is 3. The second-order valence-electron chi connectivity index (χ2n) is 3.34. The maximum Gasteiger partial charge on any atom is 0.259 e. The minimum atomic E-state index is -0.765. The lowest BCUT2D eigenvalue weighted by molar-refractivity contribution is -0.115. The van der Waals surface area contributed by atoms with E-state index in [4.69, 9.17) is 11.0 Å². The Balaban J connectivity index is 2.92. The van der Waals surface area contributed by atoms with E-state index in [9.17, 15) is 9.59 Å². The van der Waals surface area contributed by atoms with Crippen molar-refractivity contribution in [1.82, 2.24) is 0 Å². The SMILES string of the molecule is CC(=O)Nc1ccc(/C=C(/C#N)C(N)=O)cc1. The van der Waals surface area contributed by atoms with Crippen molar-refractivity contribution < 1.29 is 9.59 Å². The third-order valence-electron chi connectivity index (χ3n) is 1.93. The molecule has 1 aromatic rings. The molecule has 5 nitrogen and oxygen atoms in total. The molecule has 0 saturated heterocycles. The van der Waals surface area contributed by atoms with Crippen LogP contribution in [0.25, 0.3) is 6.08 Å². The number of nitrogens with one attached hydrogen (secondary N) is 1. The lowest BCUT2D eigenvalue weighted by Gasteiger charge is -2.01. The number of nitrogens with two attached hydrogens (primary N) is 1. The lowest BCUT2D eigenvalue weighted by atomic mass is 10.1. The minimum Gasteiger partial charge on any atom is -0.365 e. The van der Waals surface area contributed by atoms with Gasteiger partial charge in [0.25, 0.3) is 5.91 Å². The van der Waals surface area contributed by atoms with Gasteiger partial charge in [0.15, 0.2) is 0 Å². The third kappa shape index (κ3) is 3.80. The van der Waals surface area contributed by atoms with Crippen LogP contribution in [-0.2, 0) is 9.59 Å². The first kappa shape index (κ1) is 12.5. The fourth-order valence-corrected chi connectivity index (χ4v) is 1.19. The zero-order valence-corrected chi connectivity index (χ0v) is 9.23. The summed E-state index contributed by atoms with van der Waals surface area (Å²) < 4.78 is 0. The Morgan fingerprint density at radius 2 is 1.94 bits per heavy atom. The molecule has 17 heavy (non-hydrogen) atoms. The summed E-state index contributed by atoms with van der Waals surface area (Å²) in [5.74, 6) is -0.929. The topological polar surface area (TPSA) is 96.0 Å². The van der Waals surface area contributed by atoms with Crippen molar-refractivity contribution in [3.8, 4) is 6.07 Å². The molecule has 0 aromatic heterocycles. The molecule has 3 N–H and O–H groups in total. The van der Waals surface area contributed by atoms with E-state index in [1.54, 1.807) is 30.3 Å². The first-order chi connectivity index (χ1) is 8.02. The Morgan fingerprint density at radius 1 is 1.35 bits per heavy atom. The summed E-state index contributed by atoms with van der Waals surface area (Å²) in [4.78, 5) is 21.6. The maximum absolute atomic E-state index is 10.8. The zero-order chi connectivity index (χ0) is 12.8. The number of benzene rings is 1. The van der Waals surface area contributed by atoms with Gasteiger partial charge in [-0.05, 0) is 23.8 Å². The van der Waals surface area contributed by atoms with Gasteiger partial charge < -0.3 is 11.1 Å². The smallest absolute Gasteiger partial charge is 0.259 e. The van der Waals surface area contributed by atoms with Crippen LogP contribution >= 0.6 is 0 Å².